The molecule has 1 fully saturated rings. The fraction of sp³-hybridized carbons (Fsp3) is 0.297. The minimum Gasteiger partial charge on any atom is -0.352 e. The van der Waals surface area contributed by atoms with Gasteiger partial charge in [0.05, 0.1) is 20.6 Å². The summed E-state index contributed by atoms with van der Waals surface area (Å²) >= 11 is 12.6. The number of hydrogen-bond acceptors (Lipinski definition) is 4. The van der Waals surface area contributed by atoms with Crippen LogP contribution in [-0.2, 0) is 32.6 Å². The van der Waals surface area contributed by atoms with Gasteiger partial charge in [-0.25, -0.2) is 8.42 Å². The van der Waals surface area contributed by atoms with Crippen LogP contribution in [0.25, 0.3) is 0 Å². The summed E-state index contributed by atoms with van der Waals surface area (Å²) in [6, 6.07) is 28.7. The number of rotatable bonds is 12. The summed E-state index contributed by atoms with van der Waals surface area (Å²) in [4.78, 5) is 30.4. The monoisotopic (exact) mass is 691 g/mol. The van der Waals surface area contributed by atoms with Gasteiger partial charge in [-0.15, -0.1) is 0 Å². The molecule has 0 bridgehead atoms. The number of carbonyl (C=O) groups is 2. The van der Waals surface area contributed by atoms with E-state index in [1.807, 2.05) is 37.3 Å². The summed E-state index contributed by atoms with van der Waals surface area (Å²) < 4.78 is 29.4. The molecule has 4 aromatic rings. The lowest BCUT2D eigenvalue weighted by atomic mass is 9.94. The first-order chi connectivity index (χ1) is 22.6. The number of hydrogen-bond donors (Lipinski definition) is 1. The SMILES string of the molecule is Cc1ccc(S(=O)(=O)N(CC(=O)N(Cc2ccc(Cl)c(Cl)c2)C(Cc2ccccc2)C(=O)NC2CCCCC2)c2ccccc2)cc1. The molecule has 7 nitrogen and oxygen atoms in total. The molecule has 1 N–H and O–H groups in total. The van der Waals surface area contributed by atoms with Crippen molar-refractivity contribution in [2.75, 3.05) is 10.8 Å². The zero-order valence-corrected chi connectivity index (χ0v) is 28.6. The van der Waals surface area contributed by atoms with Crippen molar-refractivity contribution < 1.29 is 18.0 Å². The van der Waals surface area contributed by atoms with Crippen molar-refractivity contribution in [3.05, 3.63) is 130 Å². The molecule has 4 aromatic carbocycles. The van der Waals surface area contributed by atoms with Crippen molar-refractivity contribution >= 4 is 50.7 Å². The molecule has 0 radical (unpaired) electrons. The summed E-state index contributed by atoms with van der Waals surface area (Å²) in [7, 11) is -4.17. The topological polar surface area (TPSA) is 86.8 Å². The van der Waals surface area contributed by atoms with E-state index in [0.717, 1.165) is 47.5 Å². The molecule has 0 heterocycles. The van der Waals surface area contributed by atoms with Crippen molar-refractivity contribution in [2.45, 2.75) is 69.0 Å². The van der Waals surface area contributed by atoms with Gasteiger partial charge < -0.3 is 10.2 Å². The fourth-order valence-electron chi connectivity index (χ4n) is 5.89. The Morgan fingerprint density at radius 1 is 0.809 bits per heavy atom. The van der Waals surface area contributed by atoms with Gasteiger partial charge in [-0.2, -0.15) is 0 Å². The Balaban J connectivity index is 1.56. The lowest BCUT2D eigenvalue weighted by molar-refractivity contribution is -0.140. The molecular formula is C37H39Cl2N3O4S. The van der Waals surface area contributed by atoms with Gasteiger partial charge in [-0.3, -0.25) is 13.9 Å². The van der Waals surface area contributed by atoms with Crippen LogP contribution in [0.2, 0.25) is 10.0 Å². The Morgan fingerprint density at radius 2 is 1.45 bits per heavy atom. The molecule has 0 aromatic heterocycles. The van der Waals surface area contributed by atoms with Gasteiger partial charge in [0.1, 0.15) is 12.6 Å². The van der Waals surface area contributed by atoms with Gasteiger partial charge in [-0.05, 0) is 67.3 Å². The molecule has 47 heavy (non-hydrogen) atoms. The van der Waals surface area contributed by atoms with E-state index >= 15 is 0 Å². The van der Waals surface area contributed by atoms with E-state index in [1.165, 1.54) is 17.0 Å². The van der Waals surface area contributed by atoms with Crippen LogP contribution < -0.4 is 9.62 Å². The summed E-state index contributed by atoms with van der Waals surface area (Å²) in [5.74, 6) is -0.808. The second-order valence-electron chi connectivity index (χ2n) is 12.0. The van der Waals surface area contributed by atoms with Crippen LogP contribution in [-0.4, -0.2) is 43.8 Å². The fourth-order valence-corrected chi connectivity index (χ4v) is 7.63. The molecular weight excluding hydrogens is 653 g/mol. The average Bonchev–Trinajstić information content (AvgIpc) is 3.08. The molecule has 5 rings (SSSR count). The van der Waals surface area contributed by atoms with Gasteiger partial charge in [0, 0.05) is 19.0 Å². The van der Waals surface area contributed by atoms with Crippen molar-refractivity contribution in [1.29, 1.82) is 0 Å². The van der Waals surface area contributed by atoms with Crippen LogP contribution in [0.4, 0.5) is 5.69 Å². The van der Waals surface area contributed by atoms with Crippen LogP contribution in [0, 0.1) is 6.92 Å². The first kappa shape index (κ1) is 34.5. The van der Waals surface area contributed by atoms with E-state index in [4.69, 9.17) is 23.2 Å². The molecule has 1 saturated carbocycles. The number of nitrogens with one attached hydrogen (secondary N) is 1. The van der Waals surface area contributed by atoms with E-state index in [1.54, 1.807) is 60.7 Å². The third-order valence-corrected chi connectivity index (χ3v) is 11.0. The second-order valence-corrected chi connectivity index (χ2v) is 14.7. The van der Waals surface area contributed by atoms with E-state index in [9.17, 15) is 18.0 Å². The maximum absolute atomic E-state index is 14.6. The molecule has 1 aliphatic rings. The number of carbonyl (C=O) groups excluding carboxylic acids is 2. The smallest absolute Gasteiger partial charge is 0.264 e. The van der Waals surface area contributed by atoms with Gasteiger partial charge >= 0.3 is 0 Å². The van der Waals surface area contributed by atoms with Crippen molar-refractivity contribution in [3.63, 3.8) is 0 Å². The normalized spacial score (nSPS) is 14.3. The number of anilines is 1. The molecule has 1 aliphatic carbocycles. The third kappa shape index (κ3) is 8.95. The number of para-hydroxylation sites is 1. The molecule has 10 heteroatoms. The molecule has 0 aliphatic heterocycles. The van der Waals surface area contributed by atoms with Gasteiger partial charge in [0.2, 0.25) is 11.8 Å². The minimum atomic E-state index is -4.17. The standard InChI is InChI=1S/C37H39Cl2N3O4S/c1-27-17-20-32(21-18-27)47(45,46)42(31-15-9-4-10-16-31)26-36(43)41(25-29-19-22-33(38)34(39)23-29)35(24-28-11-5-2-6-12-28)37(44)40-30-13-7-3-8-14-30/h2,4-6,9-12,15-23,30,35H,3,7-8,13-14,24-26H2,1H3,(H,40,44). The van der Waals surface area contributed by atoms with Crippen molar-refractivity contribution in [3.8, 4) is 0 Å². The Kier molecular flexibility index (Phi) is 11.6. The summed E-state index contributed by atoms with van der Waals surface area (Å²) in [5, 5.41) is 3.90. The van der Waals surface area contributed by atoms with Crippen LogP contribution >= 0.6 is 23.2 Å². The van der Waals surface area contributed by atoms with E-state index < -0.39 is 28.5 Å². The molecule has 1 unspecified atom stereocenters. The lowest BCUT2D eigenvalue weighted by Crippen LogP contribution is -2.55. The van der Waals surface area contributed by atoms with Crippen molar-refractivity contribution in [1.82, 2.24) is 10.2 Å². The van der Waals surface area contributed by atoms with Gasteiger partial charge in [0.25, 0.3) is 10.0 Å². The lowest BCUT2D eigenvalue weighted by Gasteiger charge is -2.35. The van der Waals surface area contributed by atoms with Crippen LogP contribution in [0.5, 0.6) is 0 Å². The number of halogens is 2. The first-order valence-corrected chi connectivity index (χ1v) is 18.0. The van der Waals surface area contributed by atoms with Crippen LogP contribution in [0.15, 0.2) is 108 Å². The van der Waals surface area contributed by atoms with Gasteiger partial charge in [0.15, 0.2) is 0 Å². The highest BCUT2D eigenvalue weighted by Crippen LogP contribution is 2.27. The Morgan fingerprint density at radius 3 is 2.09 bits per heavy atom. The highest BCUT2D eigenvalue weighted by atomic mass is 35.5. The van der Waals surface area contributed by atoms with Crippen molar-refractivity contribution in [2.24, 2.45) is 0 Å². The maximum atomic E-state index is 14.6. The zero-order chi connectivity index (χ0) is 33.4. The van der Waals surface area contributed by atoms with E-state index in [-0.39, 0.29) is 29.8 Å². The van der Waals surface area contributed by atoms with Crippen LogP contribution in [0.1, 0.15) is 48.8 Å². The Labute approximate surface area is 287 Å². The zero-order valence-electron chi connectivity index (χ0n) is 26.3. The molecule has 0 spiro atoms. The largest absolute Gasteiger partial charge is 0.352 e. The second kappa shape index (κ2) is 15.8. The minimum absolute atomic E-state index is 0.0124. The van der Waals surface area contributed by atoms with E-state index in [0.29, 0.717) is 21.3 Å². The quantitative estimate of drug-likeness (QED) is 0.166. The highest BCUT2D eigenvalue weighted by Gasteiger charge is 2.35. The summed E-state index contributed by atoms with van der Waals surface area (Å²) in [5.41, 5.74) is 2.77. The number of amides is 2. The maximum Gasteiger partial charge on any atom is 0.264 e. The predicted molar refractivity (Wildman–Crippen MR) is 188 cm³/mol. The van der Waals surface area contributed by atoms with E-state index in [2.05, 4.69) is 5.32 Å². The highest BCUT2D eigenvalue weighted by molar-refractivity contribution is 7.92. The predicted octanol–water partition coefficient (Wildman–Crippen LogP) is 7.59. The number of nitrogens with zero attached hydrogens (tertiary/aromatic N) is 2. The Bertz CT molecular complexity index is 1760. The average molecular weight is 693 g/mol. The number of benzene rings is 4. The molecule has 1 atom stereocenters. The summed E-state index contributed by atoms with van der Waals surface area (Å²) in [6.07, 6.45) is 5.18. The summed E-state index contributed by atoms with van der Waals surface area (Å²) in [6.45, 7) is 1.36. The van der Waals surface area contributed by atoms with Gasteiger partial charge in [-0.1, -0.05) is 115 Å². The third-order valence-electron chi connectivity index (χ3n) is 8.49. The number of sulfonamides is 1. The first-order valence-electron chi connectivity index (χ1n) is 15.8. The Hall–Kier alpha value is -3.85. The molecule has 0 saturated heterocycles. The van der Waals surface area contributed by atoms with Crippen LogP contribution in [0.3, 0.4) is 0 Å². The molecule has 246 valence electrons. The molecule has 2 amide bonds. The number of aryl methyl sites for hydroxylation is 1.